The summed E-state index contributed by atoms with van der Waals surface area (Å²) in [6.07, 6.45) is 4.80. The molecule has 0 radical (unpaired) electrons. The summed E-state index contributed by atoms with van der Waals surface area (Å²) >= 11 is 1.56. The summed E-state index contributed by atoms with van der Waals surface area (Å²) in [5.74, 6) is 0. The average Bonchev–Trinajstić information content (AvgIpc) is 1.94. The van der Waals surface area contributed by atoms with Crippen molar-refractivity contribution in [2.75, 3.05) is 0 Å². The van der Waals surface area contributed by atoms with Crippen LogP contribution in [0.3, 0.4) is 0 Å². The second kappa shape index (κ2) is 9.33. The van der Waals surface area contributed by atoms with Gasteiger partial charge in [0.1, 0.15) is 0 Å². The van der Waals surface area contributed by atoms with E-state index in [0.717, 1.165) is 0 Å². The fourth-order valence-corrected chi connectivity index (χ4v) is 3.70. The molecule has 0 heterocycles. The van der Waals surface area contributed by atoms with Crippen LogP contribution in [0.25, 0.3) is 0 Å². The van der Waals surface area contributed by atoms with Crippen LogP contribution < -0.4 is 0 Å². The third kappa shape index (κ3) is 17.8. The molecule has 0 amide bonds. The maximum Gasteiger partial charge on any atom is -0.147 e. The van der Waals surface area contributed by atoms with Gasteiger partial charge in [0.05, 0.1) is 0 Å². The molecule has 0 nitrogen and oxygen atoms in total. The van der Waals surface area contributed by atoms with Crippen LogP contribution in [0.5, 0.6) is 0 Å². The van der Waals surface area contributed by atoms with Gasteiger partial charge in [0.15, 0.2) is 0 Å². The Balaban J connectivity index is -0.000000845. The molecular weight excluding hydrogens is 350 g/mol. The van der Waals surface area contributed by atoms with Crippen LogP contribution in [-0.4, -0.2) is 16.1 Å². The minimum atomic E-state index is -0.991. The Hall–Kier alpha value is 1.38. The summed E-state index contributed by atoms with van der Waals surface area (Å²) < 4.78 is 1.53. The summed E-state index contributed by atoms with van der Waals surface area (Å²) in [5, 5.41) is 0. The first kappa shape index (κ1) is 22.5. The van der Waals surface area contributed by atoms with E-state index >= 15 is 0 Å². The Morgan fingerprint density at radius 3 is 1.75 bits per heavy atom. The van der Waals surface area contributed by atoms with E-state index in [1.54, 1.807) is 24.7 Å². The summed E-state index contributed by atoms with van der Waals surface area (Å²) in [5.41, 5.74) is 2.44. The standard InChI is InChI=1S/C11H23Si2.2ClH.Zr/c1-12(2,3)10-8-7-9-11-13(4,5)6;;;/h8-10H,11H2,1-6H3;2*1H;. The van der Waals surface area contributed by atoms with Crippen molar-refractivity contribution in [2.45, 2.75) is 45.3 Å². The largest absolute Gasteiger partial charge is 0.147 e. The summed E-state index contributed by atoms with van der Waals surface area (Å²) in [4.78, 5) is 0. The number of rotatable bonds is 4. The van der Waals surface area contributed by atoms with Crippen molar-refractivity contribution in [1.82, 2.24) is 0 Å². The van der Waals surface area contributed by atoms with Crippen LogP contribution in [0.1, 0.15) is 0 Å². The van der Waals surface area contributed by atoms with Crippen molar-refractivity contribution < 1.29 is 24.7 Å². The van der Waals surface area contributed by atoms with Gasteiger partial charge in [0.2, 0.25) is 0 Å². The van der Waals surface area contributed by atoms with Crippen LogP contribution in [-0.2, 0) is 24.7 Å². The zero-order valence-corrected chi connectivity index (χ0v) is 17.3. The Bertz CT molecular complexity index is 237. The molecule has 95 valence electrons. The van der Waals surface area contributed by atoms with Gasteiger partial charge in [-0.1, -0.05) is 0 Å². The molecule has 0 saturated carbocycles. The summed E-state index contributed by atoms with van der Waals surface area (Å²) in [6, 6.07) is 1.32. The predicted molar refractivity (Wildman–Crippen MR) is 83.2 cm³/mol. The maximum absolute atomic E-state index is 2.45. The molecule has 0 saturated heterocycles. The molecular formula is C11H25Cl2Si2Zr. The van der Waals surface area contributed by atoms with Crippen molar-refractivity contribution >= 4 is 41.0 Å². The third-order valence-electron chi connectivity index (χ3n) is 1.70. The molecule has 0 bridgehead atoms. The van der Waals surface area contributed by atoms with Crippen molar-refractivity contribution in [3.8, 4) is 0 Å². The summed E-state index contributed by atoms with van der Waals surface area (Å²) in [7, 11) is -1.87. The monoisotopic (exact) mass is 373 g/mol. The third-order valence-corrected chi connectivity index (χ3v) is 5.20. The van der Waals surface area contributed by atoms with E-state index in [2.05, 4.69) is 57.1 Å². The zero-order valence-electron chi connectivity index (χ0n) is 11.3. The predicted octanol–water partition coefficient (Wildman–Crippen LogP) is 5.03. The van der Waals surface area contributed by atoms with Crippen molar-refractivity contribution in [3.05, 3.63) is 21.1 Å². The fourth-order valence-electron chi connectivity index (χ4n) is 0.824. The molecule has 0 fully saturated rings. The molecule has 0 spiro atoms. The Morgan fingerprint density at radius 1 is 1.00 bits per heavy atom. The van der Waals surface area contributed by atoms with Crippen LogP contribution >= 0.6 is 24.8 Å². The number of hydrogen-bond donors (Lipinski definition) is 0. The molecule has 0 atom stereocenters. The minimum absolute atomic E-state index is 0. The number of halogens is 2. The van der Waals surface area contributed by atoms with Gasteiger partial charge in [0.25, 0.3) is 0 Å². The molecule has 0 aliphatic rings. The van der Waals surface area contributed by atoms with Gasteiger partial charge in [-0.2, -0.15) is 0 Å². The molecule has 0 N–H and O–H groups in total. The molecule has 0 rings (SSSR count). The molecule has 0 aliphatic carbocycles. The van der Waals surface area contributed by atoms with Gasteiger partial charge in [-0.25, -0.2) is 0 Å². The maximum atomic E-state index is 2.45. The van der Waals surface area contributed by atoms with Gasteiger partial charge in [0, 0.05) is 0 Å². The Labute approximate surface area is 131 Å². The average molecular weight is 376 g/mol. The van der Waals surface area contributed by atoms with Crippen LogP contribution in [0, 0.1) is 0 Å². The first-order valence-electron chi connectivity index (χ1n) is 5.21. The molecule has 0 aliphatic heterocycles. The Kier molecular flexibility index (Phi) is 13.1. The van der Waals surface area contributed by atoms with Crippen molar-refractivity contribution in [3.63, 3.8) is 0 Å². The van der Waals surface area contributed by atoms with Crippen LogP contribution in [0.15, 0.2) is 21.1 Å². The van der Waals surface area contributed by atoms with Gasteiger partial charge >= 0.3 is 107 Å². The van der Waals surface area contributed by atoms with Gasteiger partial charge in [-0.15, -0.1) is 24.8 Å². The summed E-state index contributed by atoms with van der Waals surface area (Å²) in [6.45, 7) is 14.4. The smallest absolute Gasteiger partial charge is 0.147 e. The first-order chi connectivity index (χ1) is 6.10. The fraction of sp³-hybridized carbons (Fsp3) is 0.636. The van der Waals surface area contributed by atoms with Crippen LogP contribution in [0.2, 0.25) is 45.3 Å². The molecule has 0 aromatic rings. The minimum Gasteiger partial charge on any atom is -0.147 e. The molecule has 5 heteroatoms. The second-order valence-corrected chi connectivity index (χ2v) is 18.1. The second-order valence-electron chi connectivity index (χ2n) is 6.12. The Morgan fingerprint density at radius 2 is 1.44 bits per heavy atom. The van der Waals surface area contributed by atoms with Crippen molar-refractivity contribution in [1.29, 1.82) is 0 Å². The van der Waals surface area contributed by atoms with E-state index in [0.29, 0.717) is 0 Å². The van der Waals surface area contributed by atoms with E-state index in [-0.39, 0.29) is 24.8 Å². The van der Waals surface area contributed by atoms with E-state index in [4.69, 9.17) is 0 Å². The molecule has 16 heavy (non-hydrogen) atoms. The first-order valence-corrected chi connectivity index (χ1v) is 13.7. The normalized spacial score (nSPS) is 13.2. The van der Waals surface area contributed by atoms with Crippen LogP contribution in [0.4, 0.5) is 0 Å². The van der Waals surface area contributed by atoms with Gasteiger partial charge < -0.3 is 0 Å². The topological polar surface area (TPSA) is 0 Å². The van der Waals surface area contributed by atoms with E-state index in [1.807, 2.05) is 0 Å². The number of allylic oxidation sites excluding steroid dienone is 3. The number of hydrogen-bond acceptors (Lipinski definition) is 0. The molecule has 0 aromatic carbocycles. The zero-order chi connectivity index (χ0) is 11.4. The van der Waals surface area contributed by atoms with Crippen molar-refractivity contribution in [2.24, 2.45) is 0 Å². The quantitative estimate of drug-likeness (QED) is 0.477. The van der Waals surface area contributed by atoms with E-state index in [1.165, 1.54) is 9.33 Å². The van der Waals surface area contributed by atoms with E-state index in [9.17, 15) is 0 Å². The van der Waals surface area contributed by atoms with Gasteiger partial charge in [-0.3, -0.25) is 0 Å². The van der Waals surface area contributed by atoms with E-state index < -0.39 is 16.1 Å². The molecule has 0 aromatic heterocycles. The van der Waals surface area contributed by atoms with Gasteiger partial charge in [-0.05, 0) is 0 Å². The molecule has 0 unspecified atom stereocenters. The SMILES string of the molecule is C[Si](C)(C)C=C[C]([Zr])=CC[Si](C)(C)C.Cl.Cl.